The second-order valence-electron chi connectivity index (χ2n) is 6.62. The fourth-order valence-electron chi connectivity index (χ4n) is 3.52. The molecule has 4 rings (SSSR count). The van der Waals surface area contributed by atoms with E-state index in [-0.39, 0.29) is 5.92 Å². The molecule has 0 aliphatic carbocycles. The van der Waals surface area contributed by atoms with Gasteiger partial charge in [-0.25, -0.2) is 4.79 Å². The first-order chi connectivity index (χ1) is 12.6. The first-order valence-electron chi connectivity index (χ1n) is 8.54. The van der Waals surface area contributed by atoms with Crippen LogP contribution in [0, 0.1) is 0 Å². The molecule has 5 heteroatoms. The van der Waals surface area contributed by atoms with Gasteiger partial charge in [-0.15, -0.1) is 0 Å². The predicted octanol–water partition coefficient (Wildman–Crippen LogP) is 4.73. The molecule has 0 spiro atoms. The van der Waals surface area contributed by atoms with Gasteiger partial charge < -0.3 is 9.67 Å². The second-order valence-corrected chi connectivity index (χ2v) is 6.62. The Balaban J connectivity index is 2.16. The van der Waals surface area contributed by atoms with Crippen LogP contribution in [0.1, 0.15) is 31.0 Å². The number of aromatic nitrogens is 3. The smallest absolute Gasteiger partial charge is 0.328 e. The van der Waals surface area contributed by atoms with E-state index >= 15 is 0 Å². The number of aliphatic carboxylic acids is 1. The molecule has 0 saturated heterocycles. The maximum absolute atomic E-state index is 11.1. The van der Waals surface area contributed by atoms with Gasteiger partial charge in [0.25, 0.3) is 0 Å². The van der Waals surface area contributed by atoms with Crippen LogP contribution in [0.15, 0.2) is 54.7 Å². The maximum atomic E-state index is 11.1. The van der Waals surface area contributed by atoms with Crippen molar-refractivity contribution in [2.45, 2.75) is 19.8 Å². The highest BCUT2D eigenvalue weighted by atomic mass is 16.4. The van der Waals surface area contributed by atoms with Crippen molar-refractivity contribution in [3.8, 4) is 5.69 Å². The molecule has 130 valence electrons. The summed E-state index contributed by atoms with van der Waals surface area (Å²) in [4.78, 5) is 11.1. The van der Waals surface area contributed by atoms with Gasteiger partial charge in [0.15, 0.2) is 0 Å². The van der Waals surface area contributed by atoms with Crippen molar-refractivity contribution in [2.24, 2.45) is 0 Å². The van der Waals surface area contributed by atoms with E-state index in [9.17, 15) is 4.79 Å². The van der Waals surface area contributed by atoms with Crippen LogP contribution in [-0.4, -0.2) is 25.8 Å². The number of hydrogen-bond acceptors (Lipinski definition) is 2. The summed E-state index contributed by atoms with van der Waals surface area (Å²) in [6.45, 7) is 4.25. The molecule has 2 N–H and O–H groups in total. The van der Waals surface area contributed by atoms with Crippen molar-refractivity contribution in [1.29, 1.82) is 0 Å². The van der Waals surface area contributed by atoms with Gasteiger partial charge in [-0.3, -0.25) is 5.10 Å². The zero-order valence-electron chi connectivity index (χ0n) is 14.6. The Morgan fingerprint density at radius 3 is 2.69 bits per heavy atom. The number of para-hydroxylation sites is 1. The molecule has 0 amide bonds. The van der Waals surface area contributed by atoms with Gasteiger partial charge in [0.05, 0.1) is 17.2 Å². The maximum Gasteiger partial charge on any atom is 0.328 e. The molecule has 2 heterocycles. The van der Waals surface area contributed by atoms with E-state index in [0.29, 0.717) is 0 Å². The fraction of sp³-hybridized carbons (Fsp3) is 0.143. The van der Waals surface area contributed by atoms with Gasteiger partial charge in [-0.05, 0) is 36.3 Å². The topological polar surface area (TPSA) is 70.9 Å². The highest BCUT2D eigenvalue weighted by Crippen LogP contribution is 2.36. The quantitative estimate of drug-likeness (QED) is 0.525. The van der Waals surface area contributed by atoms with Gasteiger partial charge >= 0.3 is 5.97 Å². The minimum atomic E-state index is -0.956. The van der Waals surface area contributed by atoms with Crippen LogP contribution in [0.2, 0.25) is 0 Å². The van der Waals surface area contributed by atoms with Crippen LogP contribution in [0.5, 0.6) is 0 Å². The number of aromatic amines is 1. The Hall–Kier alpha value is -3.34. The molecule has 0 radical (unpaired) electrons. The first-order valence-corrected chi connectivity index (χ1v) is 8.54. The summed E-state index contributed by atoms with van der Waals surface area (Å²) in [5, 5.41) is 18.3. The standard InChI is InChI=1S/C21H19N3O2/c1-13(2)21-16(8-9-20(25)26)17-11-18-14(12-22-23-18)10-19(17)24(21)15-6-4-3-5-7-15/h3-13H,1-2H3,(H,22,23)(H,25,26)/b9-8+. The Labute approximate surface area is 150 Å². The van der Waals surface area contributed by atoms with Crippen LogP contribution < -0.4 is 0 Å². The van der Waals surface area contributed by atoms with Crippen LogP contribution in [0.3, 0.4) is 0 Å². The van der Waals surface area contributed by atoms with Crippen molar-refractivity contribution in [3.05, 3.63) is 66.0 Å². The highest BCUT2D eigenvalue weighted by molar-refractivity contribution is 6.02. The summed E-state index contributed by atoms with van der Waals surface area (Å²) in [7, 11) is 0. The number of fused-ring (bicyclic) bond motifs is 2. The summed E-state index contributed by atoms with van der Waals surface area (Å²) in [6.07, 6.45) is 4.70. The summed E-state index contributed by atoms with van der Waals surface area (Å²) < 4.78 is 2.22. The van der Waals surface area contributed by atoms with E-state index in [4.69, 9.17) is 5.11 Å². The molecule has 0 fully saturated rings. The molecule has 0 saturated carbocycles. The number of hydrogen-bond donors (Lipinski definition) is 2. The summed E-state index contributed by atoms with van der Waals surface area (Å²) >= 11 is 0. The largest absolute Gasteiger partial charge is 0.478 e. The van der Waals surface area contributed by atoms with Crippen molar-refractivity contribution in [2.75, 3.05) is 0 Å². The number of rotatable bonds is 4. The van der Waals surface area contributed by atoms with Crippen molar-refractivity contribution in [3.63, 3.8) is 0 Å². The van der Waals surface area contributed by atoms with Crippen molar-refractivity contribution < 1.29 is 9.90 Å². The molecule has 0 atom stereocenters. The van der Waals surface area contributed by atoms with Gasteiger partial charge in [0.1, 0.15) is 0 Å². The van der Waals surface area contributed by atoms with Crippen molar-refractivity contribution >= 4 is 33.9 Å². The van der Waals surface area contributed by atoms with E-state index < -0.39 is 5.97 Å². The number of benzene rings is 2. The molecule has 0 aliphatic heterocycles. The number of carbonyl (C=O) groups is 1. The minimum Gasteiger partial charge on any atom is -0.478 e. The van der Waals surface area contributed by atoms with Crippen LogP contribution >= 0.6 is 0 Å². The summed E-state index contributed by atoms with van der Waals surface area (Å²) in [5.41, 5.74) is 5.04. The minimum absolute atomic E-state index is 0.215. The molecular formula is C21H19N3O2. The average Bonchev–Trinajstić information content (AvgIpc) is 3.20. The van der Waals surface area contributed by atoms with E-state index in [1.807, 2.05) is 24.3 Å². The van der Waals surface area contributed by atoms with E-state index in [0.717, 1.165) is 38.8 Å². The fourth-order valence-corrected chi connectivity index (χ4v) is 3.52. The van der Waals surface area contributed by atoms with Crippen LogP contribution in [0.4, 0.5) is 0 Å². The first kappa shape index (κ1) is 16.1. The lowest BCUT2D eigenvalue weighted by molar-refractivity contribution is -0.131. The molecule has 4 aromatic rings. The van der Waals surface area contributed by atoms with Gasteiger partial charge in [0.2, 0.25) is 0 Å². The zero-order chi connectivity index (χ0) is 18.3. The monoisotopic (exact) mass is 345 g/mol. The molecule has 5 nitrogen and oxygen atoms in total. The Morgan fingerprint density at radius 1 is 1.23 bits per heavy atom. The number of nitrogens with zero attached hydrogens (tertiary/aromatic N) is 2. The van der Waals surface area contributed by atoms with Crippen molar-refractivity contribution in [1.82, 2.24) is 14.8 Å². The molecule has 26 heavy (non-hydrogen) atoms. The third-order valence-corrected chi connectivity index (χ3v) is 4.56. The SMILES string of the molecule is CC(C)c1c(/C=C/C(=O)O)c2cc3[nH]ncc3cc2n1-c1ccccc1. The third kappa shape index (κ3) is 2.58. The number of nitrogens with one attached hydrogen (secondary N) is 1. The molecular weight excluding hydrogens is 326 g/mol. The second kappa shape index (κ2) is 6.19. The number of H-pyrrole nitrogens is 1. The summed E-state index contributed by atoms with van der Waals surface area (Å²) in [5.74, 6) is -0.740. The van der Waals surface area contributed by atoms with E-state index in [1.165, 1.54) is 6.08 Å². The Bertz CT molecular complexity index is 1130. The normalized spacial score (nSPS) is 12.0. The van der Waals surface area contributed by atoms with Gasteiger partial charge in [0, 0.05) is 33.8 Å². The molecule has 0 aliphatic rings. The Kier molecular flexibility index (Phi) is 3.84. The van der Waals surface area contributed by atoms with Gasteiger partial charge in [-0.1, -0.05) is 32.0 Å². The Morgan fingerprint density at radius 2 is 2.00 bits per heavy atom. The molecule has 0 unspecified atom stereocenters. The van der Waals surface area contributed by atoms with Gasteiger partial charge in [-0.2, -0.15) is 5.10 Å². The average molecular weight is 345 g/mol. The lowest BCUT2D eigenvalue weighted by atomic mass is 10.0. The predicted molar refractivity (Wildman–Crippen MR) is 104 cm³/mol. The van der Waals surface area contributed by atoms with E-state index in [1.54, 1.807) is 12.3 Å². The summed E-state index contributed by atoms with van der Waals surface area (Å²) in [6, 6.07) is 14.3. The molecule has 2 aromatic carbocycles. The van der Waals surface area contributed by atoms with E-state index in [2.05, 4.69) is 46.8 Å². The molecule has 0 bridgehead atoms. The third-order valence-electron chi connectivity index (χ3n) is 4.56. The highest BCUT2D eigenvalue weighted by Gasteiger charge is 2.20. The number of carboxylic acid groups (broad SMARTS) is 1. The lowest BCUT2D eigenvalue weighted by Gasteiger charge is -2.14. The van der Waals surface area contributed by atoms with Crippen LogP contribution in [0.25, 0.3) is 33.6 Å². The number of carboxylic acids is 1. The van der Waals surface area contributed by atoms with Crippen LogP contribution in [-0.2, 0) is 4.79 Å². The lowest BCUT2D eigenvalue weighted by Crippen LogP contribution is -2.03. The zero-order valence-corrected chi connectivity index (χ0v) is 14.6. The molecule has 2 aromatic heterocycles.